The summed E-state index contributed by atoms with van der Waals surface area (Å²) in [5, 5.41) is 0. The summed E-state index contributed by atoms with van der Waals surface area (Å²) in [7, 11) is -3.67. The lowest BCUT2D eigenvalue weighted by Crippen LogP contribution is -2.22. The van der Waals surface area contributed by atoms with Gasteiger partial charge in [0.25, 0.3) is 15.9 Å². The summed E-state index contributed by atoms with van der Waals surface area (Å²) in [6, 6.07) is 21.7. The first-order valence-corrected chi connectivity index (χ1v) is 9.93. The molecular weight excluding hydrogens is 376 g/mol. The molecule has 1 heterocycles. The van der Waals surface area contributed by atoms with Crippen LogP contribution in [0.25, 0.3) is 11.0 Å². The van der Waals surface area contributed by atoms with Crippen molar-refractivity contribution in [1.82, 2.24) is 9.66 Å². The number of amides is 1. The smallest absolute Gasteiger partial charge is 0.270 e. The zero-order valence-electron chi connectivity index (χ0n) is 14.6. The van der Waals surface area contributed by atoms with Crippen LogP contribution in [0.2, 0.25) is 0 Å². The zero-order chi connectivity index (χ0) is 19.6. The number of nitrogens with one attached hydrogen (secondary N) is 2. The molecule has 1 amide bonds. The van der Waals surface area contributed by atoms with E-state index in [0.29, 0.717) is 11.3 Å². The van der Waals surface area contributed by atoms with Gasteiger partial charge in [-0.1, -0.05) is 30.3 Å². The lowest BCUT2D eigenvalue weighted by Gasteiger charge is -2.10. The molecule has 0 unspecified atom stereocenters. The molecule has 0 saturated heterocycles. The van der Waals surface area contributed by atoms with Gasteiger partial charge in [0, 0.05) is 11.3 Å². The summed E-state index contributed by atoms with van der Waals surface area (Å²) < 4.78 is 28.8. The van der Waals surface area contributed by atoms with Crippen LogP contribution < -0.4 is 10.1 Å². The van der Waals surface area contributed by atoms with E-state index in [-0.39, 0.29) is 10.8 Å². The first-order valence-electron chi connectivity index (χ1n) is 8.44. The SMILES string of the molecule is O=C(Nn1cnc2ccccc21)c1ccc(NS(=O)(=O)c2ccccc2)cc1. The highest BCUT2D eigenvalue weighted by Crippen LogP contribution is 2.17. The van der Waals surface area contributed by atoms with Crippen molar-refractivity contribution in [2.24, 2.45) is 0 Å². The van der Waals surface area contributed by atoms with Gasteiger partial charge in [0.1, 0.15) is 6.33 Å². The van der Waals surface area contributed by atoms with Gasteiger partial charge in [-0.3, -0.25) is 14.9 Å². The third-order valence-corrected chi connectivity index (χ3v) is 5.53. The van der Waals surface area contributed by atoms with E-state index in [1.807, 2.05) is 24.3 Å². The van der Waals surface area contributed by atoms with E-state index in [1.165, 1.54) is 18.5 Å². The Balaban J connectivity index is 1.49. The van der Waals surface area contributed by atoms with Gasteiger partial charge < -0.3 is 0 Å². The Morgan fingerprint density at radius 3 is 2.29 bits per heavy atom. The maximum absolute atomic E-state index is 12.5. The zero-order valence-corrected chi connectivity index (χ0v) is 15.4. The molecule has 4 rings (SSSR count). The predicted molar refractivity (Wildman–Crippen MR) is 107 cm³/mol. The van der Waals surface area contributed by atoms with Crippen molar-refractivity contribution in [3.05, 3.63) is 90.8 Å². The Morgan fingerprint density at radius 2 is 1.54 bits per heavy atom. The van der Waals surface area contributed by atoms with E-state index in [2.05, 4.69) is 15.1 Å². The maximum Gasteiger partial charge on any atom is 0.270 e. The average Bonchev–Trinajstić information content (AvgIpc) is 3.12. The molecule has 140 valence electrons. The van der Waals surface area contributed by atoms with Crippen LogP contribution >= 0.6 is 0 Å². The summed E-state index contributed by atoms with van der Waals surface area (Å²) in [6.07, 6.45) is 1.53. The molecule has 0 aliphatic rings. The minimum atomic E-state index is -3.67. The van der Waals surface area contributed by atoms with Crippen molar-refractivity contribution in [1.29, 1.82) is 0 Å². The van der Waals surface area contributed by atoms with Crippen molar-refractivity contribution in [2.45, 2.75) is 4.90 Å². The first kappa shape index (κ1) is 17.7. The molecule has 0 aliphatic heterocycles. The number of benzene rings is 3. The quantitative estimate of drug-likeness (QED) is 0.545. The fourth-order valence-electron chi connectivity index (χ4n) is 2.73. The lowest BCUT2D eigenvalue weighted by atomic mass is 10.2. The normalized spacial score (nSPS) is 11.3. The van der Waals surface area contributed by atoms with E-state index in [4.69, 9.17) is 0 Å². The highest BCUT2D eigenvalue weighted by molar-refractivity contribution is 7.92. The topological polar surface area (TPSA) is 93.1 Å². The predicted octanol–water partition coefficient (Wildman–Crippen LogP) is 3.22. The molecule has 0 bridgehead atoms. The fourth-order valence-corrected chi connectivity index (χ4v) is 3.81. The van der Waals surface area contributed by atoms with Crippen molar-refractivity contribution >= 4 is 32.7 Å². The second-order valence-corrected chi connectivity index (χ2v) is 7.72. The third-order valence-electron chi connectivity index (χ3n) is 4.13. The Bertz CT molecular complexity index is 1230. The number of carbonyl (C=O) groups is 1. The Labute approximate surface area is 161 Å². The number of rotatable bonds is 5. The second-order valence-electron chi connectivity index (χ2n) is 6.04. The average molecular weight is 392 g/mol. The summed E-state index contributed by atoms with van der Waals surface area (Å²) >= 11 is 0. The van der Waals surface area contributed by atoms with Crippen LogP contribution in [0, 0.1) is 0 Å². The molecular formula is C20H16N4O3S. The Morgan fingerprint density at radius 1 is 0.857 bits per heavy atom. The lowest BCUT2D eigenvalue weighted by molar-refractivity contribution is 0.101. The van der Waals surface area contributed by atoms with Crippen LogP contribution in [0.15, 0.2) is 90.1 Å². The Kier molecular flexibility index (Phi) is 4.54. The van der Waals surface area contributed by atoms with Crippen LogP contribution in [0.1, 0.15) is 10.4 Å². The molecule has 4 aromatic rings. The number of aromatic nitrogens is 2. The van der Waals surface area contributed by atoms with Gasteiger partial charge in [0.05, 0.1) is 15.9 Å². The number of carbonyl (C=O) groups excluding carboxylic acids is 1. The minimum absolute atomic E-state index is 0.170. The molecule has 0 saturated carbocycles. The fraction of sp³-hybridized carbons (Fsp3) is 0. The van der Waals surface area contributed by atoms with Gasteiger partial charge in [-0.25, -0.2) is 18.1 Å². The molecule has 8 heteroatoms. The number of para-hydroxylation sites is 2. The van der Waals surface area contributed by atoms with E-state index >= 15 is 0 Å². The van der Waals surface area contributed by atoms with Crippen LogP contribution in [0.5, 0.6) is 0 Å². The monoisotopic (exact) mass is 392 g/mol. The summed E-state index contributed by atoms with van der Waals surface area (Å²) in [4.78, 5) is 16.9. The third kappa shape index (κ3) is 3.58. The molecule has 1 aromatic heterocycles. The summed E-state index contributed by atoms with van der Waals surface area (Å²) in [6.45, 7) is 0. The van der Waals surface area contributed by atoms with Crippen molar-refractivity contribution in [3.63, 3.8) is 0 Å². The molecule has 0 atom stereocenters. The van der Waals surface area contributed by atoms with E-state index in [1.54, 1.807) is 47.1 Å². The standard InChI is InChI=1S/C20H16N4O3S/c25-20(22-24-14-21-18-8-4-5-9-19(18)24)15-10-12-16(13-11-15)23-28(26,27)17-6-2-1-3-7-17/h1-14,23H,(H,22,25). The van der Waals surface area contributed by atoms with Crippen LogP contribution in [0.3, 0.4) is 0 Å². The summed E-state index contributed by atoms with van der Waals surface area (Å²) in [5.74, 6) is -0.333. The number of hydrogen-bond donors (Lipinski definition) is 2. The molecule has 7 nitrogen and oxygen atoms in total. The van der Waals surface area contributed by atoms with Gasteiger partial charge in [-0.15, -0.1) is 0 Å². The molecule has 0 aliphatic carbocycles. The van der Waals surface area contributed by atoms with E-state index in [9.17, 15) is 13.2 Å². The highest BCUT2D eigenvalue weighted by Gasteiger charge is 2.14. The van der Waals surface area contributed by atoms with Crippen molar-refractivity contribution in [2.75, 3.05) is 10.1 Å². The first-order chi connectivity index (χ1) is 13.5. The maximum atomic E-state index is 12.5. The van der Waals surface area contributed by atoms with Gasteiger partial charge in [-0.2, -0.15) is 0 Å². The minimum Gasteiger partial charge on any atom is -0.280 e. The van der Waals surface area contributed by atoms with Crippen LogP contribution in [-0.2, 0) is 10.0 Å². The molecule has 28 heavy (non-hydrogen) atoms. The number of imidazole rings is 1. The molecule has 0 radical (unpaired) electrons. The second kappa shape index (κ2) is 7.16. The van der Waals surface area contributed by atoms with Crippen LogP contribution in [0.4, 0.5) is 5.69 Å². The number of fused-ring (bicyclic) bond motifs is 1. The number of nitrogens with zero attached hydrogens (tertiary/aromatic N) is 2. The van der Waals surface area contributed by atoms with Gasteiger partial charge in [0.2, 0.25) is 0 Å². The van der Waals surface area contributed by atoms with Gasteiger partial charge in [-0.05, 0) is 48.5 Å². The number of hydrogen-bond acceptors (Lipinski definition) is 4. The molecule has 0 spiro atoms. The summed E-state index contributed by atoms with van der Waals surface area (Å²) in [5.41, 5.74) is 5.06. The molecule has 2 N–H and O–H groups in total. The largest absolute Gasteiger partial charge is 0.280 e. The van der Waals surface area contributed by atoms with Crippen molar-refractivity contribution < 1.29 is 13.2 Å². The molecule has 3 aromatic carbocycles. The van der Waals surface area contributed by atoms with Crippen LogP contribution in [-0.4, -0.2) is 24.0 Å². The van der Waals surface area contributed by atoms with Crippen molar-refractivity contribution in [3.8, 4) is 0 Å². The Hall–Kier alpha value is -3.65. The van der Waals surface area contributed by atoms with E-state index in [0.717, 1.165) is 11.0 Å². The van der Waals surface area contributed by atoms with Gasteiger partial charge >= 0.3 is 0 Å². The van der Waals surface area contributed by atoms with E-state index < -0.39 is 10.0 Å². The number of sulfonamides is 1. The number of anilines is 1. The highest BCUT2D eigenvalue weighted by atomic mass is 32.2. The van der Waals surface area contributed by atoms with Gasteiger partial charge in [0.15, 0.2) is 0 Å². The molecule has 0 fully saturated rings.